The van der Waals surface area contributed by atoms with E-state index in [1.54, 1.807) is 0 Å². The van der Waals surface area contributed by atoms with E-state index in [0.29, 0.717) is 12.8 Å². The van der Waals surface area contributed by atoms with Gasteiger partial charge in [-0.1, -0.05) is 12.1 Å². The van der Waals surface area contributed by atoms with Gasteiger partial charge in [-0.05, 0) is 60.1 Å². The van der Waals surface area contributed by atoms with Crippen LogP contribution in [0.2, 0.25) is 0 Å². The van der Waals surface area contributed by atoms with Gasteiger partial charge in [-0.25, -0.2) is 9.97 Å². The normalized spacial score (nSPS) is 23.2. The van der Waals surface area contributed by atoms with Crippen LogP contribution in [0.1, 0.15) is 18.4 Å². The summed E-state index contributed by atoms with van der Waals surface area (Å²) in [5.74, 6) is 3.90. The minimum atomic E-state index is 0.328. The number of hydrogen-bond acceptors (Lipinski definition) is 7. The molecule has 1 N–H and O–H groups in total. The number of ether oxygens (including phenoxy) is 2. The molecule has 0 bridgehead atoms. The highest BCUT2D eigenvalue weighted by molar-refractivity contribution is 5.83. The maximum Gasteiger partial charge on any atom is 0.231 e. The summed E-state index contributed by atoms with van der Waals surface area (Å²) < 4.78 is 12.8. The average Bonchev–Trinajstić information content (AvgIpc) is 3.61. The van der Waals surface area contributed by atoms with Crippen LogP contribution in [0.3, 0.4) is 0 Å². The molecule has 4 aromatic rings. The summed E-state index contributed by atoms with van der Waals surface area (Å²) in [6, 6.07) is 13.0. The van der Waals surface area contributed by atoms with Gasteiger partial charge < -0.3 is 14.8 Å². The van der Waals surface area contributed by atoms with Crippen molar-refractivity contribution in [1.82, 2.24) is 24.6 Å². The summed E-state index contributed by atoms with van der Waals surface area (Å²) in [6.07, 6.45) is 8.20. The Bertz CT molecular complexity index is 1370. The van der Waals surface area contributed by atoms with Crippen LogP contribution in [0.5, 0.6) is 11.5 Å². The van der Waals surface area contributed by atoms with Crippen LogP contribution in [0.15, 0.2) is 55.0 Å². The molecule has 1 aliphatic carbocycles. The molecule has 2 aromatic heterocycles. The van der Waals surface area contributed by atoms with Crippen LogP contribution in [0.25, 0.3) is 22.0 Å². The van der Waals surface area contributed by atoms with Crippen molar-refractivity contribution in [2.45, 2.75) is 25.4 Å². The molecule has 0 unspecified atom stereocenters. The first-order valence-electron chi connectivity index (χ1n) is 12.3. The van der Waals surface area contributed by atoms with E-state index in [4.69, 9.17) is 9.47 Å². The van der Waals surface area contributed by atoms with Gasteiger partial charge in [-0.3, -0.25) is 9.58 Å². The highest BCUT2D eigenvalue weighted by atomic mass is 16.7. The maximum absolute atomic E-state index is 5.53. The van der Waals surface area contributed by atoms with E-state index in [1.165, 1.54) is 18.4 Å². The van der Waals surface area contributed by atoms with Crippen LogP contribution >= 0.6 is 0 Å². The molecule has 3 aliphatic rings. The zero-order chi connectivity index (χ0) is 23.4. The summed E-state index contributed by atoms with van der Waals surface area (Å²) in [5, 5.41) is 9.16. The summed E-state index contributed by atoms with van der Waals surface area (Å²) in [6.45, 7) is 3.59. The van der Waals surface area contributed by atoms with E-state index in [-0.39, 0.29) is 0 Å². The topological polar surface area (TPSA) is 77.3 Å². The summed E-state index contributed by atoms with van der Waals surface area (Å²) in [4.78, 5) is 11.8. The second kappa shape index (κ2) is 8.23. The number of aromatic nitrogens is 4. The van der Waals surface area contributed by atoms with Crippen molar-refractivity contribution in [3.8, 4) is 22.6 Å². The molecule has 1 saturated heterocycles. The van der Waals surface area contributed by atoms with Crippen molar-refractivity contribution in [2.75, 3.05) is 25.2 Å². The lowest BCUT2D eigenvalue weighted by Gasteiger charge is -2.20. The zero-order valence-electron chi connectivity index (χ0n) is 19.7. The summed E-state index contributed by atoms with van der Waals surface area (Å²) >= 11 is 0. The van der Waals surface area contributed by atoms with Gasteiger partial charge in [0.2, 0.25) is 12.7 Å². The molecule has 2 aliphatic heterocycles. The first-order valence-corrected chi connectivity index (χ1v) is 12.3. The molecule has 4 heterocycles. The van der Waals surface area contributed by atoms with Gasteiger partial charge in [0.1, 0.15) is 0 Å². The molecule has 0 amide bonds. The number of nitrogens with one attached hydrogen (secondary N) is 1. The van der Waals surface area contributed by atoms with E-state index in [2.05, 4.69) is 49.5 Å². The van der Waals surface area contributed by atoms with Gasteiger partial charge in [-0.15, -0.1) is 0 Å². The second-order valence-corrected chi connectivity index (χ2v) is 10.1. The number of hydrogen-bond donors (Lipinski definition) is 1. The van der Waals surface area contributed by atoms with Gasteiger partial charge in [0.05, 0.1) is 5.52 Å². The lowest BCUT2D eigenvalue weighted by atomic mass is 10.0. The molecule has 8 nitrogen and oxygen atoms in total. The van der Waals surface area contributed by atoms with Crippen LogP contribution in [-0.2, 0) is 13.6 Å². The van der Waals surface area contributed by atoms with E-state index in [0.717, 1.165) is 70.9 Å². The minimum Gasteiger partial charge on any atom is -0.454 e. The molecule has 0 spiro atoms. The Morgan fingerprint density at radius 1 is 0.943 bits per heavy atom. The molecule has 7 rings (SSSR count). The van der Waals surface area contributed by atoms with Crippen LogP contribution in [-0.4, -0.2) is 50.6 Å². The largest absolute Gasteiger partial charge is 0.454 e. The number of likely N-dealkylation sites (tertiary alicyclic amines) is 1. The Hall–Kier alpha value is -3.65. The maximum atomic E-state index is 5.53. The Labute approximate surface area is 203 Å². The van der Waals surface area contributed by atoms with Gasteiger partial charge in [0, 0.05) is 62.3 Å². The molecule has 2 aromatic carbocycles. The predicted molar refractivity (Wildman–Crippen MR) is 133 cm³/mol. The number of aryl methyl sites for hydroxylation is 1. The fraction of sp³-hybridized carbons (Fsp3) is 0.370. The number of benzene rings is 2. The van der Waals surface area contributed by atoms with Gasteiger partial charge in [0.25, 0.3) is 0 Å². The first-order chi connectivity index (χ1) is 17.2. The van der Waals surface area contributed by atoms with Crippen LogP contribution in [0.4, 0.5) is 5.95 Å². The molecule has 2 fully saturated rings. The highest BCUT2D eigenvalue weighted by Gasteiger charge is 2.41. The van der Waals surface area contributed by atoms with E-state index < -0.39 is 0 Å². The third kappa shape index (κ3) is 3.97. The van der Waals surface area contributed by atoms with Crippen molar-refractivity contribution in [2.24, 2.45) is 18.9 Å². The molecule has 178 valence electrons. The van der Waals surface area contributed by atoms with Crippen molar-refractivity contribution < 1.29 is 9.47 Å². The van der Waals surface area contributed by atoms with E-state index in [9.17, 15) is 0 Å². The van der Waals surface area contributed by atoms with Gasteiger partial charge in [0.15, 0.2) is 11.5 Å². The molecule has 1 saturated carbocycles. The summed E-state index contributed by atoms with van der Waals surface area (Å²) in [5.41, 5.74) is 4.41. The highest BCUT2D eigenvalue weighted by Crippen LogP contribution is 2.40. The fourth-order valence-electron chi connectivity index (χ4n) is 6.00. The zero-order valence-corrected chi connectivity index (χ0v) is 19.7. The standard InChI is InChI=1S/C27H28N6O2/c1-32-13-21-7-18(3-4-24(21)31-32)22-10-28-27(29-11-22)30-23-8-19-14-33(15-20(19)9-23)12-17-2-5-25-26(6-17)35-16-34-25/h2-7,10-11,13,19-20,23H,8-9,12,14-16H2,1H3,(H,28,29,30)/t19-,20+,23-. The van der Waals surface area contributed by atoms with Crippen molar-refractivity contribution >= 4 is 16.9 Å². The average molecular weight is 469 g/mol. The predicted octanol–water partition coefficient (Wildman–Crippen LogP) is 4.08. The Morgan fingerprint density at radius 3 is 2.57 bits per heavy atom. The summed E-state index contributed by atoms with van der Waals surface area (Å²) in [7, 11) is 1.94. The van der Waals surface area contributed by atoms with Gasteiger partial charge >= 0.3 is 0 Å². The molecule has 3 atom stereocenters. The smallest absolute Gasteiger partial charge is 0.231 e. The molecular formula is C27H28N6O2. The second-order valence-electron chi connectivity index (χ2n) is 10.1. The third-order valence-electron chi connectivity index (χ3n) is 7.61. The minimum absolute atomic E-state index is 0.328. The number of fused-ring (bicyclic) bond motifs is 3. The van der Waals surface area contributed by atoms with E-state index in [1.807, 2.05) is 42.5 Å². The van der Waals surface area contributed by atoms with Crippen molar-refractivity contribution in [1.29, 1.82) is 0 Å². The van der Waals surface area contributed by atoms with Crippen LogP contribution < -0.4 is 14.8 Å². The van der Waals surface area contributed by atoms with Crippen molar-refractivity contribution in [3.05, 3.63) is 60.6 Å². The Kier molecular flexibility index (Phi) is 4.87. The number of nitrogens with zero attached hydrogens (tertiary/aromatic N) is 5. The molecule has 35 heavy (non-hydrogen) atoms. The van der Waals surface area contributed by atoms with E-state index >= 15 is 0 Å². The monoisotopic (exact) mass is 468 g/mol. The Morgan fingerprint density at radius 2 is 1.74 bits per heavy atom. The SMILES string of the molecule is Cn1cc2cc(-c3cnc(N[C@@H]4C[C@@H]5CN(Cc6ccc7c(c6)OCO7)C[C@@H]5C4)nc3)ccc2n1. The van der Waals surface area contributed by atoms with Crippen LogP contribution in [0, 0.1) is 11.8 Å². The number of anilines is 1. The quantitative estimate of drug-likeness (QED) is 0.473. The lowest BCUT2D eigenvalue weighted by Crippen LogP contribution is -2.25. The number of rotatable bonds is 5. The lowest BCUT2D eigenvalue weighted by molar-refractivity contribution is 0.174. The fourth-order valence-corrected chi connectivity index (χ4v) is 6.00. The molecule has 8 heteroatoms. The van der Waals surface area contributed by atoms with Gasteiger partial charge in [-0.2, -0.15) is 5.10 Å². The molecule has 0 radical (unpaired) electrons. The Balaban J connectivity index is 0.953. The third-order valence-corrected chi connectivity index (χ3v) is 7.61. The molecular weight excluding hydrogens is 440 g/mol. The van der Waals surface area contributed by atoms with Crippen molar-refractivity contribution in [3.63, 3.8) is 0 Å². The first kappa shape index (κ1) is 20.7.